The van der Waals surface area contributed by atoms with Gasteiger partial charge in [0.2, 0.25) is 5.91 Å². The molecular weight excluding hydrogens is 258 g/mol. The molecule has 1 rings (SSSR count). The van der Waals surface area contributed by atoms with E-state index in [-0.39, 0.29) is 18.6 Å². The molecule has 0 aliphatic carbocycles. The highest BCUT2D eigenvalue weighted by molar-refractivity contribution is 9.10. The molecule has 4 heteroatoms. The van der Waals surface area contributed by atoms with E-state index in [0.717, 1.165) is 10.0 Å². The minimum absolute atomic E-state index is 0.000694. The van der Waals surface area contributed by atoms with Gasteiger partial charge in [0.25, 0.3) is 0 Å². The fourth-order valence-electron chi connectivity index (χ4n) is 1.25. The Morgan fingerprint density at radius 3 is 2.60 bits per heavy atom. The van der Waals surface area contributed by atoms with Gasteiger partial charge >= 0.3 is 0 Å². The van der Waals surface area contributed by atoms with E-state index in [1.54, 1.807) is 0 Å². The second kappa shape index (κ2) is 5.88. The molecular formula is C11H14BrNO2. The molecule has 0 unspecified atom stereocenters. The number of nitrogens with one attached hydrogen (secondary N) is 1. The number of hydrogen-bond acceptors (Lipinski definition) is 2. The highest BCUT2D eigenvalue weighted by Crippen LogP contribution is 2.16. The van der Waals surface area contributed by atoms with Gasteiger partial charge in [0.05, 0.1) is 6.04 Å². The van der Waals surface area contributed by atoms with Gasteiger partial charge in [0, 0.05) is 11.6 Å². The fraction of sp³-hybridized carbons (Fsp3) is 0.364. The van der Waals surface area contributed by atoms with Crippen LogP contribution in [0.5, 0.6) is 0 Å². The van der Waals surface area contributed by atoms with Gasteiger partial charge in [-0.15, -0.1) is 0 Å². The Balaban J connectivity index is 2.57. The zero-order valence-electron chi connectivity index (χ0n) is 8.79. The van der Waals surface area contributed by atoms with Gasteiger partial charge in [-0.3, -0.25) is 4.79 Å². The topological polar surface area (TPSA) is 38.3 Å². The highest BCUT2D eigenvalue weighted by Gasteiger charge is 2.08. The molecule has 0 aliphatic rings. The number of amides is 1. The van der Waals surface area contributed by atoms with E-state index >= 15 is 0 Å². The van der Waals surface area contributed by atoms with E-state index in [9.17, 15) is 4.79 Å². The number of carbonyl (C=O) groups is 1. The lowest BCUT2D eigenvalue weighted by Gasteiger charge is -2.13. The molecule has 0 radical (unpaired) electrons. The van der Waals surface area contributed by atoms with E-state index in [0.29, 0.717) is 0 Å². The van der Waals surface area contributed by atoms with Crippen LogP contribution in [0.2, 0.25) is 0 Å². The third-order valence-corrected chi connectivity index (χ3v) is 2.55. The average Bonchev–Trinajstić information content (AvgIpc) is 2.18. The number of carbonyl (C=O) groups excluding carboxylic acids is 1. The summed E-state index contributed by atoms with van der Waals surface area (Å²) in [6.45, 7) is 2.04. The number of methoxy groups -OCH3 is 1. The second-order valence-electron chi connectivity index (χ2n) is 3.27. The third kappa shape index (κ3) is 4.01. The van der Waals surface area contributed by atoms with Crippen molar-refractivity contribution in [3.63, 3.8) is 0 Å². The quantitative estimate of drug-likeness (QED) is 0.913. The predicted octanol–water partition coefficient (Wildman–Crippen LogP) is 2.27. The Hall–Kier alpha value is -0.870. The molecule has 1 N–H and O–H groups in total. The van der Waals surface area contributed by atoms with E-state index < -0.39 is 0 Å². The molecule has 0 saturated heterocycles. The van der Waals surface area contributed by atoms with Gasteiger partial charge in [-0.05, 0) is 24.6 Å². The second-order valence-corrected chi connectivity index (χ2v) is 4.19. The van der Waals surface area contributed by atoms with Gasteiger partial charge < -0.3 is 10.1 Å². The lowest BCUT2D eigenvalue weighted by atomic mass is 10.1. The lowest BCUT2D eigenvalue weighted by Crippen LogP contribution is -2.29. The van der Waals surface area contributed by atoms with Crippen molar-refractivity contribution in [1.82, 2.24) is 5.32 Å². The van der Waals surface area contributed by atoms with Crippen molar-refractivity contribution in [1.29, 1.82) is 0 Å². The van der Waals surface area contributed by atoms with Crippen molar-refractivity contribution >= 4 is 21.8 Å². The van der Waals surface area contributed by atoms with Gasteiger partial charge in [-0.25, -0.2) is 0 Å². The van der Waals surface area contributed by atoms with Crippen LogP contribution in [0.4, 0.5) is 0 Å². The van der Waals surface area contributed by atoms with E-state index in [4.69, 9.17) is 4.74 Å². The first-order valence-electron chi connectivity index (χ1n) is 4.67. The smallest absolute Gasteiger partial charge is 0.246 e. The van der Waals surface area contributed by atoms with Gasteiger partial charge in [0.1, 0.15) is 6.61 Å². The Morgan fingerprint density at radius 2 is 2.07 bits per heavy atom. The van der Waals surface area contributed by atoms with Crippen LogP contribution in [-0.4, -0.2) is 19.6 Å². The van der Waals surface area contributed by atoms with Crippen LogP contribution < -0.4 is 5.32 Å². The molecule has 1 aromatic rings. The molecule has 0 aromatic heterocycles. The first kappa shape index (κ1) is 12.2. The van der Waals surface area contributed by atoms with Crippen LogP contribution in [0.25, 0.3) is 0 Å². The standard InChI is InChI=1S/C11H14BrNO2/c1-8(13-11(14)7-15-2)9-3-5-10(12)6-4-9/h3-6,8H,7H2,1-2H3,(H,13,14)/t8-/m1/s1. The summed E-state index contributed by atoms with van der Waals surface area (Å²) in [4.78, 5) is 11.2. The maximum Gasteiger partial charge on any atom is 0.246 e. The zero-order valence-corrected chi connectivity index (χ0v) is 10.4. The Kier molecular flexibility index (Phi) is 4.78. The molecule has 0 saturated carbocycles. The zero-order chi connectivity index (χ0) is 11.3. The summed E-state index contributed by atoms with van der Waals surface area (Å²) >= 11 is 3.36. The van der Waals surface area contributed by atoms with E-state index in [1.807, 2.05) is 31.2 Å². The summed E-state index contributed by atoms with van der Waals surface area (Å²) in [6, 6.07) is 7.85. The normalized spacial score (nSPS) is 12.2. The Labute approximate surface area is 97.9 Å². The van der Waals surface area contributed by atoms with Crippen LogP contribution in [-0.2, 0) is 9.53 Å². The van der Waals surface area contributed by atoms with Crippen molar-refractivity contribution in [2.24, 2.45) is 0 Å². The number of halogens is 1. The minimum atomic E-state index is -0.104. The highest BCUT2D eigenvalue weighted by atomic mass is 79.9. The number of benzene rings is 1. The van der Waals surface area contributed by atoms with Crippen LogP contribution in [0.1, 0.15) is 18.5 Å². The summed E-state index contributed by atoms with van der Waals surface area (Å²) in [5.74, 6) is -0.104. The van der Waals surface area contributed by atoms with Gasteiger partial charge in [-0.1, -0.05) is 28.1 Å². The van der Waals surface area contributed by atoms with Crippen LogP contribution in [0, 0.1) is 0 Å². The largest absolute Gasteiger partial charge is 0.375 e. The first-order valence-corrected chi connectivity index (χ1v) is 5.46. The summed E-state index contributed by atoms with van der Waals surface area (Å²) in [6.07, 6.45) is 0. The van der Waals surface area contributed by atoms with E-state index in [2.05, 4.69) is 21.2 Å². The molecule has 15 heavy (non-hydrogen) atoms. The molecule has 0 aliphatic heterocycles. The molecule has 0 spiro atoms. The van der Waals surface area contributed by atoms with Crippen LogP contribution in [0.3, 0.4) is 0 Å². The average molecular weight is 272 g/mol. The lowest BCUT2D eigenvalue weighted by molar-refractivity contribution is -0.125. The van der Waals surface area contributed by atoms with Gasteiger partial charge in [0.15, 0.2) is 0 Å². The van der Waals surface area contributed by atoms with Gasteiger partial charge in [-0.2, -0.15) is 0 Å². The molecule has 1 atom stereocenters. The maximum atomic E-state index is 11.2. The summed E-state index contributed by atoms with van der Waals surface area (Å²) < 4.78 is 5.77. The van der Waals surface area contributed by atoms with Crippen LogP contribution >= 0.6 is 15.9 Å². The SMILES string of the molecule is COCC(=O)N[C@H](C)c1ccc(Br)cc1. The summed E-state index contributed by atoms with van der Waals surface area (Å²) in [5, 5.41) is 2.84. The summed E-state index contributed by atoms with van der Waals surface area (Å²) in [7, 11) is 1.50. The molecule has 3 nitrogen and oxygen atoms in total. The Bertz CT molecular complexity index is 324. The molecule has 0 heterocycles. The molecule has 0 fully saturated rings. The van der Waals surface area contributed by atoms with Crippen molar-refractivity contribution in [2.75, 3.05) is 13.7 Å². The Morgan fingerprint density at radius 1 is 1.47 bits per heavy atom. The number of ether oxygens (including phenoxy) is 1. The van der Waals surface area contributed by atoms with Crippen molar-refractivity contribution in [3.8, 4) is 0 Å². The molecule has 82 valence electrons. The van der Waals surface area contributed by atoms with Crippen molar-refractivity contribution in [2.45, 2.75) is 13.0 Å². The number of hydrogen-bond donors (Lipinski definition) is 1. The maximum absolute atomic E-state index is 11.2. The molecule has 1 amide bonds. The first-order chi connectivity index (χ1) is 7.13. The van der Waals surface area contributed by atoms with Crippen molar-refractivity contribution < 1.29 is 9.53 Å². The predicted molar refractivity (Wildman–Crippen MR) is 62.6 cm³/mol. The third-order valence-electron chi connectivity index (χ3n) is 2.02. The van der Waals surface area contributed by atoms with E-state index in [1.165, 1.54) is 7.11 Å². The summed E-state index contributed by atoms with van der Waals surface area (Å²) in [5.41, 5.74) is 1.07. The molecule has 0 bridgehead atoms. The fourth-order valence-corrected chi connectivity index (χ4v) is 1.51. The number of rotatable bonds is 4. The minimum Gasteiger partial charge on any atom is -0.375 e. The molecule has 1 aromatic carbocycles. The monoisotopic (exact) mass is 271 g/mol. The van der Waals surface area contributed by atoms with Crippen molar-refractivity contribution in [3.05, 3.63) is 34.3 Å². The van der Waals surface area contributed by atoms with Crippen LogP contribution in [0.15, 0.2) is 28.7 Å².